The lowest BCUT2D eigenvalue weighted by Gasteiger charge is -2.31. The molecule has 5 heteroatoms. The molecule has 0 saturated heterocycles. The van der Waals surface area contributed by atoms with E-state index in [2.05, 4.69) is 5.32 Å². The molecule has 2 amide bonds. The fourth-order valence-corrected chi connectivity index (χ4v) is 2.49. The van der Waals surface area contributed by atoms with Crippen molar-refractivity contribution in [2.24, 2.45) is 5.92 Å². The van der Waals surface area contributed by atoms with E-state index in [0.29, 0.717) is 31.8 Å². The Labute approximate surface area is 144 Å². The van der Waals surface area contributed by atoms with E-state index in [0.717, 1.165) is 12.0 Å². The van der Waals surface area contributed by atoms with Gasteiger partial charge in [0, 0.05) is 19.5 Å². The molecule has 0 aliphatic carbocycles. The molecule has 1 unspecified atom stereocenters. The molecule has 0 spiro atoms. The first-order valence-corrected chi connectivity index (χ1v) is 8.70. The van der Waals surface area contributed by atoms with Gasteiger partial charge in [-0.05, 0) is 36.5 Å². The molecule has 1 rings (SSSR count). The Morgan fingerprint density at radius 1 is 1.17 bits per heavy atom. The topological polar surface area (TPSA) is 49.4 Å². The van der Waals surface area contributed by atoms with E-state index in [-0.39, 0.29) is 17.6 Å². The van der Waals surface area contributed by atoms with Gasteiger partial charge in [-0.3, -0.25) is 9.59 Å². The van der Waals surface area contributed by atoms with Crippen LogP contribution in [-0.4, -0.2) is 29.3 Å². The molecule has 0 heterocycles. The summed E-state index contributed by atoms with van der Waals surface area (Å²) in [4.78, 5) is 26.7. The average Bonchev–Trinajstić information content (AvgIpc) is 2.54. The number of rotatable bonds is 9. The minimum atomic E-state index is -0.507. The van der Waals surface area contributed by atoms with Crippen molar-refractivity contribution >= 4 is 11.8 Å². The average molecular weight is 336 g/mol. The lowest BCUT2D eigenvalue weighted by atomic mass is 10.1. The lowest BCUT2D eigenvalue weighted by Crippen LogP contribution is -2.49. The number of hydrogen-bond donors (Lipinski definition) is 1. The molecule has 24 heavy (non-hydrogen) atoms. The summed E-state index contributed by atoms with van der Waals surface area (Å²) in [7, 11) is 0. The maximum atomic E-state index is 13.1. The highest BCUT2D eigenvalue weighted by molar-refractivity contribution is 5.87. The van der Waals surface area contributed by atoms with Gasteiger partial charge in [0.25, 0.3) is 0 Å². The molecule has 1 N–H and O–H groups in total. The quantitative estimate of drug-likeness (QED) is 0.750. The van der Waals surface area contributed by atoms with Crippen molar-refractivity contribution in [3.8, 4) is 0 Å². The Bertz CT molecular complexity index is 529. The zero-order valence-corrected chi connectivity index (χ0v) is 15.1. The van der Waals surface area contributed by atoms with E-state index >= 15 is 0 Å². The molecule has 4 nitrogen and oxygen atoms in total. The summed E-state index contributed by atoms with van der Waals surface area (Å²) < 4.78 is 13.1. The minimum Gasteiger partial charge on any atom is -0.354 e. The molecule has 0 radical (unpaired) electrons. The maximum Gasteiger partial charge on any atom is 0.242 e. The van der Waals surface area contributed by atoms with Gasteiger partial charge < -0.3 is 10.2 Å². The zero-order valence-electron chi connectivity index (χ0n) is 15.1. The van der Waals surface area contributed by atoms with Crippen LogP contribution in [0.4, 0.5) is 4.39 Å². The van der Waals surface area contributed by atoms with Crippen LogP contribution < -0.4 is 5.32 Å². The molecule has 0 aliphatic rings. The highest BCUT2D eigenvalue weighted by Gasteiger charge is 2.28. The summed E-state index contributed by atoms with van der Waals surface area (Å²) in [5.41, 5.74) is 0.816. The van der Waals surface area contributed by atoms with Crippen molar-refractivity contribution in [2.75, 3.05) is 6.54 Å². The molecule has 1 aromatic carbocycles. The lowest BCUT2D eigenvalue weighted by molar-refractivity contribution is -0.141. The summed E-state index contributed by atoms with van der Waals surface area (Å²) >= 11 is 0. The molecule has 0 fully saturated rings. The fourth-order valence-electron chi connectivity index (χ4n) is 2.49. The standard InChI is InChI=1S/C19H29FN2O2/c1-5-7-18(23)22(13-15-8-10-16(20)11-9-15)17(6-2)19(24)21-12-14(3)4/h8-11,14,17H,5-7,12-13H2,1-4H3,(H,21,24). The van der Waals surface area contributed by atoms with Gasteiger partial charge >= 0.3 is 0 Å². The zero-order chi connectivity index (χ0) is 18.1. The normalized spacial score (nSPS) is 12.1. The molecule has 0 aliphatic heterocycles. The van der Waals surface area contributed by atoms with E-state index in [1.165, 1.54) is 12.1 Å². The van der Waals surface area contributed by atoms with Gasteiger partial charge in [-0.15, -0.1) is 0 Å². The first-order valence-electron chi connectivity index (χ1n) is 8.70. The number of carbonyl (C=O) groups excluding carboxylic acids is 2. The number of nitrogens with one attached hydrogen (secondary N) is 1. The maximum absolute atomic E-state index is 13.1. The van der Waals surface area contributed by atoms with Crippen LogP contribution in [-0.2, 0) is 16.1 Å². The number of carbonyl (C=O) groups is 2. The Hall–Kier alpha value is -1.91. The van der Waals surface area contributed by atoms with Crippen molar-refractivity contribution in [3.63, 3.8) is 0 Å². The van der Waals surface area contributed by atoms with Gasteiger partial charge in [-0.2, -0.15) is 0 Å². The SMILES string of the molecule is CCCC(=O)N(Cc1ccc(F)cc1)C(CC)C(=O)NCC(C)C. The van der Waals surface area contributed by atoms with Crippen molar-refractivity contribution < 1.29 is 14.0 Å². The van der Waals surface area contributed by atoms with Crippen molar-refractivity contribution in [2.45, 2.75) is 59.5 Å². The summed E-state index contributed by atoms with van der Waals surface area (Å²) in [6.45, 7) is 8.79. The molecule has 1 atom stereocenters. The summed E-state index contributed by atoms with van der Waals surface area (Å²) in [5.74, 6) is -0.138. The van der Waals surface area contributed by atoms with Crippen molar-refractivity contribution in [1.29, 1.82) is 0 Å². The van der Waals surface area contributed by atoms with E-state index in [9.17, 15) is 14.0 Å². The number of nitrogens with zero attached hydrogens (tertiary/aromatic N) is 1. The van der Waals surface area contributed by atoms with Crippen LogP contribution in [0, 0.1) is 11.7 Å². The van der Waals surface area contributed by atoms with E-state index in [1.54, 1.807) is 17.0 Å². The summed E-state index contributed by atoms with van der Waals surface area (Å²) in [6.07, 6.45) is 1.67. The van der Waals surface area contributed by atoms with Crippen LogP contribution in [0.1, 0.15) is 52.5 Å². The van der Waals surface area contributed by atoms with Crippen LogP contribution in [0.3, 0.4) is 0 Å². The van der Waals surface area contributed by atoms with E-state index < -0.39 is 6.04 Å². The number of benzene rings is 1. The van der Waals surface area contributed by atoms with Crippen LogP contribution in [0.15, 0.2) is 24.3 Å². The van der Waals surface area contributed by atoms with E-state index in [1.807, 2.05) is 27.7 Å². The molecule has 0 saturated carbocycles. The van der Waals surface area contributed by atoms with Crippen LogP contribution >= 0.6 is 0 Å². The fraction of sp³-hybridized carbons (Fsp3) is 0.579. The first-order chi connectivity index (χ1) is 11.4. The second-order valence-corrected chi connectivity index (χ2v) is 6.46. The predicted molar refractivity (Wildman–Crippen MR) is 93.8 cm³/mol. The molecular weight excluding hydrogens is 307 g/mol. The summed E-state index contributed by atoms with van der Waals surface area (Å²) in [6, 6.07) is 5.54. The highest BCUT2D eigenvalue weighted by Crippen LogP contribution is 2.15. The number of hydrogen-bond acceptors (Lipinski definition) is 2. The summed E-state index contributed by atoms with van der Waals surface area (Å²) in [5, 5.41) is 2.91. The largest absolute Gasteiger partial charge is 0.354 e. The molecule has 0 bridgehead atoms. The van der Waals surface area contributed by atoms with Crippen LogP contribution in [0.5, 0.6) is 0 Å². The number of amides is 2. The number of halogens is 1. The van der Waals surface area contributed by atoms with Gasteiger partial charge in [-0.25, -0.2) is 4.39 Å². The minimum absolute atomic E-state index is 0.0478. The van der Waals surface area contributed by atoms with Crippen molar-refractivity contribution in [1.82, 2.24) is 10.2 Å². The van der Waals surface area contributed by atoms with Gasteiger partial charge in [0.1, 0.15) is 11.9 Å². The van der Waals surface area contributed by atoms with Gasteiger partial charge in [0.15, 0.2) is 0 Å². The Morgan fingerprint density at radius 3 is 2.29 bits per heavy atom. The Morgan fingerprint density at radius 2 is 1.79 bits per heavy atom. The third-order valence-electron chi connectivity index (χ3n) is 3.80. The van der Waals surface area contributed by atoms with Gasteiger partial charge in [0.2, 0.25) is 11.8 Å². The molecule has 0 aromatic heterocycles. The van der Waals surface area contributed by atoms with Gasteiger partial charge in [0.05, 0.1) is 0 Å². The monoisotopic (exact) mass is 336 g/mol. The highest BCUT2D eigenvalue weighted by atomic mass is 19.1. The Balaban J connectivity index is 2.94. The first kappa shape index (κ1) is 20.1. The molecule has 134 valence electrons. The second kappa shape index (κ2) is 10.1. The van der Waals surface area contributed by atoms with Crippen LogP contribution in [0.25, 0.3) is 0 Å². The third kappa shape index (κ3) is 6.30. The van der Waals surface area contributed by atoms with Crippen molar-refractivity contribution in [3.05, 3.63) is 35.6 Å². The molecule has 1 aromatic rings. The van der Waals surface area contributed by atoms with Crippen LogP contribution in [0.2, 0.25) is 0 Å². The predicted octanol–water partition coefficient (Wildman–Crippen LogP) is 3.51. The second-order valence-electron chi connectivity index (χ2n) is 6.46. The van der Waals surface area contributed by atoms with E-state index in [4.69, 9.17) is 0 Å². The third-order valence-corrected chi connectivity index (χ3v) is 3.80. The Kier molecular flexibility index (Phi) is 8.44. The molecular formula is C19H29FN2O2. The smallest absolute Gasteiger partial charge is 0.242 e. The van der Waals surface area contributed by atoms with Gasteiger partial charge in [-0.1, -0.05) is 39.8 Å².